The van der Waals surface area contributed by atoms with E-state index in [1.54, 1.807) is 0 Å². The zero-order chi connectivity index (χ0) is 11.4. The second-order valence-corrected chi connectivity index (χ2v) is 3.79. The summed E-state index contributed by atoms with van der Waals surface area (Å²) in [7, 11) is 0. The van der Waals surface area contributed by atoms with Crippen molar-refractivity contribution in [2.75, 3.05) is 0 Å². The summed E-state index contributed by atoms with van der Waals surface area (Å²) in [5.74, 6) is 0. The molecule has 2 atom stereocenters. The molecule has 16 heavy (non-hydrogen) atoms. The first kappa shape index (κ1) is 10.9. The molecule has 0 bridgehead atoms. The number of hydrogen-bond donors (Lipinski definition) is 2. The van der Waals surface area contributed by atoms with Crippen LogP contribution in [0.25, 0.3) is 0 Å². The van der Waals surface area contributed by atoms with E-state index in [0.29, 0.717) is 0 Å². The first-order chi connectivity index (χ1) is 7.79. The minimum atomic E-state index is -0.663. The highest BCUT2D eigenvalue weighted by Gasteiger charge is 2.17. The number of rotatable bonds is 3. The van der Waals surface area contributed by atoms with Crippen molar-refractivity contribution in [2.45, 2.75) is 12.1 Å². The van der Waals surface area contributed by atoms with E-state index < -0.39 is 6.10 Å². The highest BCUT2D eigenvalue weighted by Crippen LogP contribution is 2.25. The lowest BCUT2D eigenvalue weighted by molar-refractivity contribution is 0.147. The topological polar surface area (TPSA) is 46.2 Å². The lowest BCUT2D eigenvalue weighted by Gasteiger charge is -2.19. The summed E-state index contributed by atoms with van der Waals surface area (Å²) in [5, 5.41) is 10.1. The van der Waals surface area contributed by atoms with Crippen molar-refractivity contribution < 1.29 is 5.11 Å². The highest BCUT2D eigenvalue weighted by molar-refractivity contribution is 5.25. The van der Waals surface area contributed by atoms with Crippen LogP contribution in [-0.4, -0.2) is 5.11 Å². The zero-order valence-electron chi connectivity index (χ0n) is 8.95. The van der Waals surface area contributed by atoms with Gasteiger partial charge in [0.15, 0.2) is 0 Å². The van der Waals surface area contributed by atoms with E-state index in [1.165, 1.54) is 0 Å². The third-order valence-electron chi connectivity index (χ3n) is 2.67. The molecule has 2 aromatic rings. The van der Waals surface area contributed by atoms with Gasteiger partial charge in [-0.25, -0.2) is 0 Å². The maximum Gasteiger partial charge on any atom is 0.0982 e. The van der Waals surface area contributed by atoms with Crippen LogP contribution in [0.15, 0.2) is 60.7 Å². The molecule has 0 aliphatic rings. The Morgan fingerprint density at radius 2 is 1.19 bits per heavy atom. The molecule has 2 heteroatoms. The molecule has 0 heterocycles. The molecule has 0 spiro atoms. The van der Waals surface area contributed by atoms with Crippen LogP contribution in [0.2, 0.25) is 0 Å². The van der Waals surface area contributed by atoms with E-state index in [0.717, 1.165) is 11.1 Å². The van der Waals surface area contributed by atoms with Gasteiger partial charge in [0.2, 0.25) is 0 Å². The van der Waals surface area contributed by atoms with E-state index in [2.05, 4.69) is 0 Å². The molecule has 0 aliphatic heterocycles. The maximum absolute atomic E-state index is 10.1. The van der Waals surface area contributed by atoms with Gasteiger partial charge in [-0.1, -0.05) is 60.7 Å². The van der Waals surface area contributed by atoms with Gasteiger partial charge in [-0.2, -0.15) is 0 Å². The predicted molar refractivity (Wildman–Crippen MR) is 64.8 cm³/mol. The lowest BCUT2D eigenvalue weighted by atomic mass is 9.98. The molecule has 0 aromatic heterocycles. The molecule has 2 rings (SSSR count). The Kier molecular flexibility index (Phi) is 3.34. The first-order valence-electron chi connectivity index (χ1n) is 5.32. The van der Waals surface area contributed by atoms with Crippen molar-refractivity contribution in [3.63, 3.8) is 0 Å². The Hall–Kier alpha value is -1.64. The van der Waals surface area contributed by atoms with Gasteiger partial charge >= 0.3 is 0 Å². The number of aliphatic hydroxyl groups excluding tert-OH is 1. The fraction of sp³-hybridized carbons (Fsp3) is 0.143. The molecule has 0 unspecified atom stereocenters. The molecule has 0 saturated heterocycles. The predicted octanol–water partition coefficient (Wildman–Crippen LogP) is 2.42. The van der Waals surface area contributed by atoms with Gasteiger partial charge in [0.1, 0.15) is 0 Å². The Bertz CT molecular complexity index is 384. The highest BCUT2D eigenvalue weighted by atomic mass is 16.3. The van der Waals surface area contributed by atoms with Gasteiger partial charge in [0.25, 0.3) is 0 Å². The van der Waals surface area contributed by atoms with E-state index in [1.807, 2.05) is 60.7 Å². The minimum Gasteiger partial charge on any atom is -0.386 e. The summed E-state index contributed by atoms with van der Waals surface area (Å²) in [4.78, 5) is 0. The standard InChI is InChI=1S/C14H15NO/c15-13(11-7-3-1-4-8-11)14(16)12-9-5-2-6-10-12/h1-10,13-14,16H,15H2/t13-,14+/m1/s1/i15+1. The van der Waals surface area contributed by atoms with Crippen LogP contribution in [0.4, 0.5) is 0 Å². The minimum absolute atomic E-state index is 0.386. The molecular formula is C14H15NO. The van der Waals surface area contributed by atoms with E-state index in [9.17, 15) is 5.11 Å². The van der Waals surface area contributed by atoms with Gasteiger partial charge in [0.05, 0.1) is 12.1 Å². The molecule has 2 aromatic carbocycles. The van der Waals surface area contributed by atoms with Crippen molar-refractivity contribution >= 4 is 0 Å². The number of nitrogens with two attached hydrogens (primary N) is 1. The SMILES string of the molecule is [15NH2][C@H](c1ccccc1)[C@@H](O)c1ccccc1. The maximum atomic E-state index is 10.1. The fourth-order valence-electron chi connectivity index (χ4n) is 1.72. The largest absolute Gasteiger partial charge is 0.386 e. The second-order valence-electron chi connectivity index (χ2n) is 3.79. The van der Waals surface area contributed by atoms with Crippen LogP contribution in [0, 0.1) is 0 Å². The van der Waals surface area contributed by atoms with Crippen molar-refractivity contribution in [3.8, 4) is 0 Å². The second kappa shape index (κ2) is 4.92. The molecule has 2 nitrogen and oxygen atoms in total. The van der Waals surface area contributed by atoms with Gasteiger partial charge < -0.3 is 10.8 Å². The molecule has 0 aliphatic carbocycles. The Morgan fingerprint density at radius 1 is 0.750 bits per heavy atom. The summed E-state index contributed by atoms with van der Waals surface area (Å²) in [6.45, 7) is 0. The van der Waals surface area contributed by atoms with Crippen molar-refractivity contribution in [3.05, 3.63) is 71.8 Å². The average Bonchev–Trinajstić information content (AvgIpc) is 2.39. The average molecular weight is 214 g/mol. The summed E-state index contributed by atoms with van der Waals surface area (Å²) < 4.78 is 0. The quantitative estimate of drug-likeness (QED) is 0.771. The summed E-state index contributed by atoms with van der Waals surface area (Å²) in [6, 6.07) is 18.7. The van der Waals surface area contributed by atoms with Crippen LogP contribution in [-0.2, 0) is 0 Å². The summed E-state index contributed by atoms with van der Waals surface area (Å²) in [5.41, 5.74) is 7.81. The van der Waals surface area contributed by atoms with Gasteiger partial charge in [-0.15, -0.1) is 0 Å². The smallest absolute Gasteiger partial charge is 0.0982 e. The van der Waals surface area contributed by atoms with Crippen LogP contribution < -0.4 is 5.73 Å². The van der Waals surface area contributed by atoms with Crippen LogP contribution in [0.1, 0.15) is 23.3 Å². The number of benzene rings is 2. The van der Waals surface area contributed by atoms with Crippen LogP contribution >= 0.6 is 0 Å². The summed E-state index contributed by atoms with van der Waals surface area (Å²) in [6.07, 6.45) is -0.663. The van der Waals surface area contributed by atoms with E-state index >= 15 is 0 Å². The molecule has 0 amide bonds. The molecule has 0 saturated carbocycles. The Labute approximate surface area is 95.4 Å². The summed E-state index contributed by atoms with van der Waals surface area (Å²) >= 11 is 0. The lowest BCUT2D eigenvalue weighted by Crippen LogP contribution is -2.19. The normalized spacial score (nSPS) is 14.4. The molecule has 82 valence electrons. The molecule has 0 radical (unpaired) electrons. The van der Waals surface area contributed by atoms with E-state index in [-0.39, 0.29) is 6.04 Å². The van der Waals surface area contributed by atoms with Gasteiger partial charge in [0, 0.05) is 0 Å². The Balaban J connectivity index is 2.20. The van der Waals surface area contributed by atoms with Crippen molar-refractivity contribution in [2.24, 2.45) is 5.73 Å². The monoisotopic (exact) mass is 214 g/mol. The number of aliphatic hydroxyl groups is 1. The number of hydrogen-bond acceptors (Lipinski definition) is 2. The van der Waals surface area contributed by atoms with Crippen LogP contribution in [0.5, 0.6) is 0 Å². The van der Waals surface area contributed by atoms with Crippen molar-refractivity contribution in [1.82, 2.24) is 0 Å². The first-order valence-corrected chi connectivity index (χ1v) is 5.32. The Morgan fingerprint density at radius 3 is 1.69 bits per heavy atom. The fourth-order valence-corrected chi connectivity index (χ4v) is 1.72. The third-order valence-corrected chi connectivity index (χ3v) is 2.67. The third kappa shape index (κ3) is 2.30. The van der Waals surface area contributed by atoms with Crippen molar-refractivity contribution in [1.29, 1.82) is 0 Å². The van der Waals surface area contributed by atoms with Gasteiger partial charge in [-0.3, -0.25) is 0 Å². The zero-order valence-corrected chi connectivity index (χ0v) is 8.95. The van der Waals surface area contributed by atoms with E-state index in [4.69, 9.17) is 5.73 Å². The molecule has 3 N–H and O–H groups in total. The van der Waals surface area contributed by atoms with Crippen LogP contribution in [0.3, 0.4) is 0 Å². The molecule has 0 fully saturated rings. The molecular weight excluding hydrogens is 199 g/mol. The van der Waals surface area contributed by atoms with Gasteiger partial charge in [-0.05, 0) is 11.1 Å².